The number of halogens is 3. The highest BCUT2D eigenvalue weighted by Crippen LogP contribution is 2.34. The van der Waals surface area contributed by atoms with Crippen molar-refractivity contribution in [2.45, 2.75) is 12.1 Å². The van der Waals surface area contributed by atoms with Gasteiger partial charge in [0.05, 0.1) is 11.3 Å². The van der Waals surface area contributed by atoms with E-state index in [1.165, 1.54) is 5.56 Å². The molecule has 1 amide bonds. The number of aromatic amines is 2. The van der Waals surface area contributed by atoms with E-state index in [2.05, 4.69) is 62.7 Å². The van der Waals surface area contributed by atoms with Gasteiger partial charge in [-0.1, -0.05) is 36.4 Å². The summed E-state index contributed by atoms with van der Waals surface area (Å²) in [4.78, 5) is 32.8. The number of aliphatic carboxylic acids is 1. The molecule has 4 N–H and O–H groups in total. The third kappa shape index (κ3) is 5.01. The van der Waals surface area contributed by atoms with Crippen molar-refractivity contribution >= 4 is 22.8 Å². The smallest absolute Gasteiger partial charge is 0.475 e. The first-order valence-corrected chi connectivity index (χ1v) is 11.6. The summed E-state index contributed by atoms with van der Waals surface area (Å²) in [7, 11) is 0. The van der Waals surface area contributed by atoms with Crippen LogP contribution in [0.1, 0.15) is 27.5 Å². The van der Waals surface area contributed by atoms with Crippen LogP contribution >= 0.6 is 0 Å². The first-order chi connectivity index (χ1) is 18.2. The Kier molecular flexibility index (Phi) is 6.46. The number of carbonyl (C=O) groups excluding carboxylic acids is 1. The molecule has 0 saturated heterocycles. The summed E-state index contributed by atoms with van der Waals surface area (Å²) in [6, 6.07) is 24.6. The van der Waals surface area contributed by atoms with Gasteiger partial charge >= 0.3 is 12.1 Å². The predicted molar refractivity (Wildman–Crippen MR) is 136 cm³/mol. The van der Waals surface area contributed by atoms with Crippen LogP contribution in [0.25, 0.3) is 33.4 Å². The van der Waals surface area contributed by atoms with Gasteiger partial charge in [-0.2, -0.15) is 13.2 Å². The van der Waals surface area contributed by atoms with Crippen molar-refractivity contribution in [1.82, 2.24) is 20.3 Å². The van der Waals surface area contributed by atoms with Crippen molar-refractivity contribution in [2.75, 3.05) is 6.54 Å². The number of pyridine rings is 1. The highest BCUT2D eigenvalue weighted by Gasteiger charge is 2.38. The number of carbonyl (C=O) groups is 2. The number of hydrogen-bond donors (Lipinski definition) is 4. The van der Waals surface area contributed by atoms with Crippen molar-refractivity contribution in [3.05, 3.63) is 102 Å². The number of rotatable bonds is 3. The number of fused-ring (bicyclic) bond motifs is 2. The molecule has 2 aromatic carbocycles. The lowest BCUT2D eigenvalue weighted by Crippen LogP contribution is -2.35. The van der Waals surface area contributed by atoms with E-state index in [0.29, 0.717) is 12.1 Å². The second-order valence-electron chi connectivity index (χ2n) is 8.70. The standard InChI is InChI=1S/C26H20N4O.C2HF3O2/c31-26-20-14-24(30-25(20)21(15-29-26)16-4-2-1-3-5-16)19-9-11-28-23(13-19)17-6-7-22-18(12-17)8-10-27-22;3-2(4,5)1(6)7/h1-14,21,27,30H,15H2,(H,29,31);(H,6,7). The van der Waals surface area contributed by atoms with E-state index in [9.17, 15) is 18.0 Å². The molecule has 3 aromatic heterocycles. The molecule has 10 heteroatoms. The molecule has 0 spiro atoms. The quantitative estimate of drug-likeness (QED) is 0.244. The Morgan fingerprint density at radius 3 is 2.47 bits per heavy atom. The van der Waals surface area contributed by atoms with Gasteiger partial charge in [0.25, 0.3) is 5.91 Å². The third-order valence-electron chi connectivity index (χ3n) is 6.27. The molecular formula is C28H21F3N4O3. The fourth-order valence-corrected chi connectivity index (χ4v) is 4.42. The van der Waals surface area contributed by atoms with Gasteiger partial charge in [0.15, 0.2) is 0 Å². The first kappa shape index (κ1) is 24.8. The van der Waals surface area contributed by atoms with Crippen molar-refractivity contribution < 1.29 is 27.9 Å². The van der Waals surface area contributed by atoms with Crippen LogP contribution in [0, 0.1) is 0 Å². The van der Waals surface area contributed by atoms with Crippen molar-refractivity contribution in [1.29, 1.82) is 0 Å². The van der Waals surface area contributed by atoms with Crippen molar-refractivity contribution in [2.24, 2.45) is 0 Å². The Bertz CT molecular complexity index is 1620. The summed E-state index contributed by atoms with van der Waals surface area (Å²) >= 11 is 0. The minimum absolute atomic E-state index is 0.0307. The molecule has 0 bridgehead atoms. The van der Waals surface area contributed by atoms with Gasteiger partial charge in [-0.3, -0.25) is 9.78 Å². The number of carboxylic acid groups (broad SMARTS) is 1. The number of aromatic nitrogens is 3. The largest absolute Gasteiger partial charge is 0.490 e. The highest BCUT2D eigenvalue weighted by atomic mass is 19.4. The fourth-order valence-electron chi connectivity index (χ4n) is 4.42. The molecule has 7 nitrogen and oxygen atoms in total. The highest BCUT2D eigenvalue weighted by molar-refractivity contribution is 5.98. The number of alkyl halides is 3. The molecular weight excluding hydrogens is 497 g/mol. The lowest BCUT2D eigenvalue weighted by atomic mass is 9.90. The molecule has 6 rings (SSSR count). The van der Waals surface area contributed by atoms with E-state index >= 15 is 0 Å². The predicted octanol–water partition coefficient (Wildman–Crippen LogP) is 5.73. The monoisotopic (exact) mass is 518 g/mol. The number of benzene rings is 2. The molecule has 192 valence electrons. The summed E-state index contributed by atoms with van der Waals surface area (Å²) < 4.78 is 31.7. The Labute approximate surface area is 214 Å². The number of amides is 1. The second-order valence-corrected chi connectivity index (χ2v) is 8.70. The van der Waals surface area contributed by atoms with E-state index in [1.54, 1.807) is 0 Å². The molecule has 5 aromatic rings. The number of carboxylic acids is 1. The first-order valence-electron chi connectivity index (χ1n) is 11.6. The fraction of sp³-hybridized carbons (Fsp3) is 0.107. The second kappa shape index (κ2) is 9.89. The van der Waals surface area contributed by atoms with Crippen LogP contribution in [0.2, 0.25) is 0 Å². The molecule has 38 heavy (non-hydrogen) atoms. The van der Waals surface area contributed by atoms with Gasteiger partial charge in [0.1, 0.15) is 0 Å². The van der Waals surface area contributed by atoms with Gasteiger partial charge in [-0.25, -0.2) is 4.79 Å². The van der Waals surface area contributed by atoms with Crippen LogP contribution in [-0.4, -0.2) is 44.7 Å². The van der Waals surface area contributed by atoms with Gasteiger partial charge in [-0.15, -0.1) is 0 Å². The maximum atomic E-state index is 12.5. The van der Waals surface area contributed by atoms with Crippen molar-refractivity contribution in [3.8, 4) is 22.5 Å². The molecule has 1 unspecified atom stereocenters. The number of nitrogens with zero attached hydrogens (tertiary/aromatic N) is 1. The van der Waals surface area contributed by atoms with E-state index in [-0.39, 0.29) is 11.8 Å². The maximum absolute atomic E-state index is 12.5. The van der Waals surface area contributed by atoms with Gasteiger partial charge in [0, 0.05) is 58.3 Å². The van der Waals surface area contributed by atoms with Crippen LogP contribution in [-0.2, 0) is 4.79 Å². The lowest BCUT2D eigenvalue weighted by Gasteiger charge is -2.23. The molecule has 1 atom stereocenters. The van der Waals surface area contributed by atoms with E-state index in [1.807, 2.05) is 42.7 Å². The van der Waals surface area contributed by atoms with Gasteiger partial charge in [-0.05, 0) is 42.0 Å². The summed E-state index contributed by atoms with van der Waals surface area (Å²) in [6.45, 7) is 0.591. The Balaban J connectivity index is 0.000000374. The van der Waals surface area contributed by atoms with Gasteiger partial charge < -0.3 is 20.4 Å². The molecule has 0 radical (unpaired) electrons. The molecule has 4 heterocycles. The third-order valence-corrected chi connectivity index (χ3v) is 6.27. The normalized spacial score (nSPS) is 14.8. The zero-order valence-corrected chi connectivity index (χ0v) is 19.7. The minimum atomic E-state index is -5.08. The Morgan fingerprint density at radius 2 is 1.74 bits per heavy atom. The van der Waals surface area contributed by atoms with Crippen LogP contribution in [0.4, 0.5) is 13.2 Å². The zero-order valence-electron chi connectivity index (χ0n) is 19.7. The van der Waals surface area contributed by atoms with E-state index in [0.717, 1.165) is 39.1 Å². The van der Waals surface area contributed by atoms with Crippen molar-refractivity contribution in [3.63, 3.8) is 0 Å². The molecule has 1 aliphatic rings. The van der Waals surface area contributed by atoms with E-state index < -0.39 is 12.1 Å². The Morgan fingerprint density at radius 1 is 0.974 bits per heavy atom. The zero-order chi connectivity index (χ0) is 26.9. The van der Waals surface area contributed by atoms with Crippen LogP contribution in [0.5, 0.6) is 0 Å². The van der Waals surface area contributed by atoms with Crippen LogP contribution in [0.15, 0.2) is 85.2 Å². The SMILES string of the molecule is O=C(O)C(F)(F)F.O=C1NCC(c2ccccc2)c2[nH]c(-c3ccnc(-c4ccc5[nH]ccc5c4)c3)cc21. The van der Waals surface area contributed by atoms with Crippen LogP contribution < -0.4 is 5.32 Å². The molecule has 0 fully saturated rings. The number of hydrogen-bond acceptors (Lipinski definition) is 3. The molecule has 0 saturated carbocycles. The average molecular weight is 518 g/mol. The van der Waals surface area contributed by atoms with E-state index in [4.69, 9.17) is 9.90 Å². The summed E-state index contributed by atoms with van der Waals surface area (Å²) in [5.74, 6) is -2.68. The van der Waals surface area contributed by atoms with Crippen LogP contribution in [0.3, 0.4) is 0 Å². The summed E-state index contributed by atoms with van der Waals surface area (Å²) in [5.41, 5.74) is 7.87. The Hall–Kier alpha value is -4.86. The summed E-state index contributed by atoms with van der Waals surface area (Å²) in [5, 5.41) is 11.3. The van der Waals surface area contributed by atoms with Gasteiger partial charge in [0.2, 0.25) is 0 Å². The molecule has 1 aliphatic heterocycles. The topological polar surface area (TPSA) is 111 Å². The average Bonchev–Trinajstić information content (AvgIpc) is 3.57. The lowest BCUT2D eigenvalue weighted by molar-refractivity contribution is -0.192. The number of nitrogens with one attached hydrogen (secondary N) is 3. The number of H-pyrrole nitrogens is 2. The minimum Gasteiger partial charge on any atom is -0.475 e. The maximum Gasteiger partial charge on any atom is 0.490 e. The molecule has 0 aliphatic carbocycles. The summed E-state index contributed by atoms with van der Waals surface area (Å²) in [6.07, 6.45) is -1.32.